The Labute approximate surface area is 134 Å². The van der Waals surface area contributed by atoms with E-state index in [1.54, 1.807) is 0 Å². The maximum atomic E-state index is 12.0. The van der Waals surface area contributed by atoms with Gasteiger partial charge in [0.2, 0.25) is 0 Å². The van der Waals surface area contributed by atoms with Crippen LogP contribution in [0.1, 0.15) is 25.3 Å². The van der Waals surface area contributed by atoms with Crippen molar-refractivity contribution in [2.24, 2.45) is 0 Å². The Morgan fingerprint density at radius 2 is 1.83 bits per heavy atom. The van der Waals surface area contributed by atoms with Crippen LogP contribution in [-0.4, -0.2) is 17.4 Å². The topological polar surface area (TPSA) is 81.5 Å². The van der Waals surface area contributed by atoms with Crippen LogP contribution < -0.4 is 10.1 Å². The lowest BCUT2D eigenvalue weighted by atomic mass is 10.0. The van der Waals surface area contributed by atoms with E-state index in [9.17, 15) is 14.9 Å². The second-order valence-corrected chi connectivity index (χ2v) is 5.33. The molecule has 6 nitrogen and oxygen atoms in total. The van der Waals surface area contributed by atoms with Gasteiger partial charge < -0.3 is 10.1 Å². The molecule has 2 aromatic carbocycles. The minimum Gasteiger partial charge on any atom is -0.484 e. The molecule has 0 fully saturated rings. The van der Waals surface area contributed by atoms with E-state index in [-0.39, 0.29) is 18.2 Å². The van der Waals surface area contributed by atoms with Crippen molar-refractivity contribution in [1.82, 2.24) is 0 Å². The van der Waals surface area contributed by atoms with Crippen LogP contribution in [0.2, 0.25) is 0 Å². The number of carbonyl (C=O) groups is 1. The van der Waals surface area contributed by atoms with E-state index in [2.05, 4.69) is 19.2 Å². The van der Waals surface area contributed by atoms with Crippen molar-refractivity contribution < 1.29 is 14.5 Å². The highest BCUT2D eigenvalue weighted by atomic mass is 16.6. The van der Waals surface area contributed by atoms with E-state index < -0.39 is 4.92 Å². The first-order valence-electron chi connectivity index (χ1n) is 7.23. The van der Waals surface area contributed by atoms with E-state index in [1.807, 2.05) is 24.3 Å². The van der Waals surface area contributed by atoms with E-state index in [1.165, 1.54) is 24.3 Å². The number of anilines is 1. The molecule has 0 aromatic heterocycles. The Kier molecular flexibility index (Phi) is 5.30. The second-order valence-electron chi connectivity index (χ2n) is 5.33. The number of amides is 1. The number of nitro groups is 1. The van der Waals surface area contributed by atoms with Crippen LogP contribution in [0.15, 0.2) is 48.5 Å². The van der Waals surface area contributed by atoms with E-state index in [4.69, 9.17) is 4.74 Å². The highest BCUT2D eigenvalue weighted by molar-refractivity contribution is 5.92. The lowest BCUT2D eigenvalue weighted by Gasteiger charge is -2.13. The SMILES string of the molecule is CC(C)c1ccccc1NC(=O)COc1ccc([N+](=O)[O-])cc1. The third-order valence-corrected chi connectivity index (χ3v) is 3.27. The molecule has 6 heteroatoms. The number of ether oxygens (including phenoxy) is 1. The van der Waals surface area contributed by atoms with Crippen molar-refractivity contribution in [2.45, 2.75) is 19.8 Å². The molecule has 0 radical (unpaired) electrons. The summed E-state index contributed by atoms with van der Waals surface area (Å²) in [6, 6.07) is 13.2. The number of hydrogen-bond donors (Lipinski definition) is 1. The van der Waals surface area contributed by atoms with Crippen LogP contribution >= 0.6 is 0 Å². The molecule has 0 bridgehead atoms. The first-order chi connectivity index (χ1) is 11.0. The molecule has 0 atom stereocenters. The zero-order valence-electron chi connectivity index (χ0n) is 13.0. The summed E-state index contributed by atoms with van der Waals surface area (Å²) in [7, 11) is 0. The molecule has 120 valence electrons. The van der Waals surface area contributed by atoms with Gasteiger partial charge in [0.1, 0.15) is 5.75 Å². The van der Waals surface area contributed by atoms with Gasteiger partial charge in [0.25, 0.3) is 11.6 Å². The Balaban J connectivity index is 1.94. The molecule has 0 unspecified atom stereocenters. The number of hydrogen-bond acceptors (Lipinski definition) is 4. The molecule has 0 saturated carbocycles. The molecule has 1 amide bonds. The number of benzene rings is 2. The molecule has 0 spiro atoms. The number of nitrogens with zero attached hydrogens (tertiary/aromatic N) is 1. The van der Waals surface area contributed by atoms with Crippen molar-refractivity contribution >= 4 is 17.3 Å². The largest absolute Gasteiger partial charge is 0.484 e. The van der Waals surface area contributed by atoms with Crippen molar-refractivity contribution in [2.75, 3.05) is 11.9 Å². The van der Waals surface area contributed by atoms with Gasteiger partial charge in [-0.2, -0.15) is 0 Å². The number of carbonyl (C=O) groups excluding carboxylic acids is 1. The summed E-state index contributed by atoms with van der Waals surface area (Å²) in [5.41, 5.74) is 1.80. The van der Waals surface area contributed by atoms with Crippen LogP contribution in [-0.2, 0) is 4.79 Å². The summed E-state index contributed by atoms with van der Waals surface area (Å²) >= 11 is 0. The Morgan fingerprint density at radius 1 is 1.17 bits per heavy atom. The molecule has 0 aliphatic rings. The van der Waals surface area contributed by atoms with Gasteiger partial charge >= 0.3 is 0 Å². The molecule has 0 saturated heterocycles. The van der Waals surface area contributed by atoms with Crippen LogP contribution in [0.5, 0.6) is 5.75 Å². The van der Waals surface area contributed by atoms with Crippen molar-refractivity contribution in [3.05, 3.63) is 64.2 Å². The van der Waals surface area contributed by atoms with Gasteiger partial charge in [-0.3, -0.25) is 14.9 Å². The van der Waals surface area contributed by atoms with Crippen molar-refractivity contribution in [3.63, 3.8) is 0 Å². The van der Waals surface area contributed by atoms with Crippen LogP contribution in [0, 0.1) is 10.1 Å². The van der Waals surface area contributed by atoms with E-state index in [0.717, 1.165) is 11.3 Å². The zero-order chi connectivity index (χ0) is 16.8. The summed E-state index contributed by atoms with van der Waals surface area (Å²) in [6.07, 6.45) is 0. The molecule has 0 aliphatic carbocycles. The standard InChI is InChI=1S/C17H18N2O4/c1-12(2)15-5-3-4-6-16(15)18-17(20)11-23-14-9-7-13(8-10-14)19(21)22/h3-10,12H,11H2,1-2H3,(H,18,20). The van der Waals surface area contributed by atoms with E-state index >= 15 is 0 Å². The van der Waals surface area contributed by atoms with Gasteiger partial charge in [-0.25, -0.2) is 0 Å². The lowest BCUT2D eigenvalue weighted by molar-refractivity contribution is -0.384. The Bertz CT molecular complexity index is 696. The van der Waals surface area contributed by atoms with Gasteiger partial charge in [0.15, 0.2) is 6.61 Å². The van der Waals surface area contributed by atoms with E-state index in [0.29, 0.717) is 11.7 Å². The number of nitrogens with one attached hydrogen (secondary N) is 1. The molecule has 2 rings (SSSR count). The summed E-state index contributed by atoms with van der Waals surface area (Å²) in [4.78, 5) is 22.1. The fourth-order valence-electron chi connectivity index (χ4n) is 2.11. The van der Waals surface area contributed by atoms with Gasteiger partial charge in [-0.1, -0.05) is 32.0 Å². The molecule has 1 N–H and O–H groups in total. The van der Waals surface area contributed by atoms with Crippen LogP contribution in [0.3, 0.4) is 0 Å². The van der Waals surface area contributed by atoms with Gasteiger partial charge in [0, 0.05) is 17.8 Å². The average Bonchev–Trinajstić information content (AvgIpc) is 2.53. The summed E-state index contributed by atoms with van der Waals surface area (Å²) in [6.45, 7) is 3.95. The first-order valence-corrected chi connectivity index (χ1v) is 7.23. The molecule has 0 heterocycles. The predicted octanol–water partition coefficient (Wildman–Crippen LogP) is 3.74. The molecular weight excluding hydrogens is 296 g/mol. The summed E-state index contributed by atoms with van der Waals surface area (Å²) < 4.78 is 5.34. The Hall–Kier alpha value is -2.89. The first kappa shape index (κ1) is 16.5. The quantitative estimate of drug-likeness (QED) is 0.650. The highest BCUT2D eigenvalue weighted by Crippen LogP contribution is 2.23. The smallest absolute Gasteiger partial charge is 0.269 e. The fraction of sp³-hybridized carbons (Fsp3) is 0.235. The fourth-order valence-corrected chi connectivity index (χ4v) is 2.11. The zero-order valence-corrected chi connectivity index (χ0v) is 13.0. The van der Waals surface area contributed by atoms with Gasteiger partial charge in [-0.05, 0) is 29.7 Å². The average molecular weight is 314 g/mol. The van der Waals surface area contributed by atoms with Crippen molar-refractivity contribution in [1.29, 1.82) is 0 Å². The van der Waals surface area contributed by atoms with Crippen LogP contribution in [0.4, 0.5) is 11.4 Å². The molecule has 23 heavy (non-hydrogen) atoms. The minimum atomic E-state index is -0.487. The second kappa shape index (κ2) is 7.40. The number of rotatable bonds is 6. The van der Waals surface area contributed by atoms with Crippen molar-refractivity contribution in [3.8, 4) is 5.75 Å². The minimum absolute atomic E-state index is 0.0207. The maximum absolute atomic E-state index is 12.0. The lowest BCUT2D eigenvalue weighted by Crippen LogP contribution is -2.21. The monoisotopic (exact) mass is 314 g/mol. The van der Waals surface area contributed by atoms with Gasteiger partial charge in [0.05, 0.1) is 4.92 Å². The number of nitro benzene ring substituents is 1. The van der Waals surface area contributed by atoms with Crippen LogP contribution in [0.25, 0.3) is 0 Å². The maximum Gasteiger partial charge on any atom is 0.269 e. The number of para-hydroxylation sites is 1. The summed E-state index contributed by atoms with van der Waals surface area (Å²) in [5, 5.41) is 13.4. The van der Waals surface area contributed by atoms with Gasteiger partial charge in [-0.15, -0.1) is 0 Å². The highest BCUT2D eigenvalue weighted by Gasteiger charge is 2.10. The third kappa shape index (κ3) is 4.54. The summed E-state index contributed by atoms with van der Waals surface area (Å²) in [5.74, 6) is 0.418. The predicted molar refractivity (Wildman–Crippen MR) is 87.8 cm³/mol. The molecule has 0 aliphatic heterocycles. The Morgan fingerprint density at radius 3 is 2.43 bits per heavy atom. The molecular formula is C17H18N2O4. The third-order valence-electron chi connectivity index (χ3n) is 3.27. The number of non-ortho nitro benzene ring substituents is 1. The normalized spacial score (nSPS) is 10.4. The molecule has 2 aromatic rings.